The van der Waals surface area contributed by atoms with Crippen molar-refractivity contribution in [2.45, 2.75) is 70.6 Å². The van der Waals surface area contributed by atoms with Crippen molar-refractivity contribution >= 4 is 11.7 Å². The predicted octanol–water partition coefficient (Wildman–Crippen LogP) is 6.37. The topological polar surface area (TPSA) is 49.3 Å². The van der Waals surface area contributed by atoms with Crippen molar-refractivity contribution in [3.05, 3.63) is 54.6 Å². The van der Waals surface area contributed by atoms with Crippen LogP contribution in [0.2, 0.25) is 0 Å². The maximum Gasteiger partial charge on any atom is 0.307 e. The van der Waals surface area contributed by atoms with E-state index in [4.69, 9.17) is 5.11 Å². The average molecular weight is 358 g/mol. The summed E-state index contributed by atoms with van der Waals surface area (Å²) in [5.41, 5.74) is 1.89. The van der Waals surface area contributed by atoms with Gasteiger partial charge in [0.1, 0.15) is 0 Å². The summed E-state index contributed by atoms with van der Waals surface area (Å²) < 4.78 is 0. The van der Waals surface area contributed by atoms with Crippen molar-refractivity contribution in [2.24, 2.45) is 0 Å². The van der Waals surface area contributed by atoms with Gasteiger partial charge in [-0.15, -0.1) is 6.58 Å². The van der Waals surface area contributed by atoms with Crippen molar-refractivity contribution in [3.8, 4) is 0 Å². The lowest BCUT2D eigenvalue weighted by atomic mass is 10.1. The van der Waals surface area contributed by atoms with E-state index < -0.39 is 5.97 Å². The molecule has 3 nitrogen and oxygen atoms in total. The first-order chi connectivity index (χ1) is 12.7. The predicted molar refractivity (Wildman–Crippen MR) is 112 cm³/mol. The van der Waals surface area contributed by atoms with E-state index in [0.29, 0.717) is 0 Å². The molecule has 0 saturated heterocycles. The second-order valence-corrected chi connectivity index (χ2v) is 6.80. The molecule has 1 aromatic rings. The van der Waals surface area contributed by atoms with Gasteiger partial charge in [-0.3, -0.25) is 4.79 Å². The zero-order valence-corrected chi connectivity index (χ0v) is 16.1. The average Bonchev–Trinajstić information content (AvgIpc) is 2.63. The molecule has 0 aliphatic heterocycles. The molecule has 1 rings (SSSR count). The Labute approximate surface area is 159 Å². The highest BCUT2D eigenvalue weighted by Gasteiger charge is 1.99. The van der Waals surface area contributed by atoms with E-state index in [0.717, 1.165) is 37.1 Å². The highest BCUT2D eigenvalue weighted by atomic mass is 16.4. The van der Waals surface area contributed by atoms with Crippen LogP contribution < -0.4 is 5.32 Å². The highest BCUT2D eigenvalue weighted by Crippen LogP contribution is 2.11. The zero-order chi connectivity index (χ0) is 18.9. The largest absolute Gasteiger partial charge is 0.481 e. The first-order valence-electron chi connectivity index (χ1n) is 10.0. The lowest BCUT2D eigenvalue weighted by molar-refractivity contribution is -0.136. The van der Waals surface area contributed by atoms with E-state index in [2.05, 4.69) is 24.0 Å². The first-order valence-corrected chi connectivity index (χ1v) is 10.0. The maximum absolute atomic E-state index is 10.6. The van der Waals surface area contributed by atoms with Gasteiger partial charge >= 0.3 is 5.97 Å². The number of nitrogens with one attached hydrogen (secondary N) is 1. The molecule has 144 valence electrons. The number of benzene rings is 1. The minimum Gasteiger partial charge on any atom is -0.481 e. The Hall–Kier alpha value is -2.03. The van der Waals surface area contributed by atoms with Crippen LogP contribution in [0.1, 0.15) is 69.8 Å². The molecule has 0 aliphatic carbocycles. The number of anilines is 1. The Morgan fingerprint density at radius 3 is 2.08 bits per heavy atom. The van der Waals surface area contributed by atoms with Crippen LogP contribution in [0.5, 0.6) is 0 Å². The Morgan fingerprint density at radius 2 is 1.46 bits per heavy atom. The number of hydrogen-bond donors (Lipinski definition) is 2. The number of unbranched alkanes of at least 4 members (excludes halogenated alkanes) is 8. The van der Waals surface area contributed by atoms with Gasteiger partial charge in [0.15, 0.2) is 0 Å². The number of carboxylic acids is 1. The summed E-state index contributed by atoms with van der Waals surface area (Å²) in [6, 6.07) is 7.64. The third-order valence-corrected chi connectivity index (χ3v) is 4.38. The zero-order valence-electron chi connectivity index (χ0n) is 16.1. The van der Waals surface area contributed by atoms with E-state index in [-0.39, 0.29) is 6.42 Å². The van der Waals surface area contributed by atoms with Gasteiger partial charge in [-0.25, -0.2) is 0 Å². The van der Waals surface area contributed by atoms with Gasteiger partial charge < -0.3 is 10.4 Å². The normalized spacial score (nSPS) is 10.9. The molecule has 1 aromatic carbocycles. The highest BCUT2D eigenvalue weighted by molar-refractivity contribution is 5.70. The van der Waals surface area contributed by atoms with Crippen molar-refractivity contribution in [3.63, 3.8) is 0 Å². The third kappa shape index (κ3) is 12.3. The number of aliphatic carboxylic acids is 1. The molecule has 0 aliphatic rings. The number of rotatable bonds is 16. The van der Waals surface area contributed by atoms with Crippen LogP contribution in [0.4, 0.5) is 5.69 Å². The first kappa shape index (κ1) is 22.0. The van der Waals surface area contributed by atoms with Crippen molar-refractivity contribution in [2.75, 3.05) is 11.9 Å². The molecule has 0 saturated carbocycles. The van der Waals surface area contributed by atoms with Crippen LogP contribution in [0.15, 0.2) is 49.1 Å². The minimum atomic E-state index is -0.791. The Kier molecular flexibility index (Phi) is 12.9. The smallest absolute Gasteiger partial charge is 0.307 e. The summed E-state index contributed by atoms with van der Waals surface area (Å²) in [5, 5.41) is 12.1. The fourth-order valence-electron chi connectivity index (χ4n) is 2.86. The van der Waals surface area contributed by atoms with Gasteiger partial charge in [0.05, 0.1) is 6.42 Å². The summed E-state index contributed by atoms with van der Waals surface area (Å²) in [5.74, 6) is -0.791. The summed E-state index contributed by atoms with van der Waals surface area (Å²) in [7, 11) is 0. The van der Waals surface area contributed by atoms with Crippen LogP contribution >= 0.6 is 0 Å². The number of carboxylic acid groups (broad SMARTS) is 1. The van der Waals surface area contributed by atoms with Gasteiger partial charge in [0.25, 0.3) is 0 Å². The van der Waals surface area contributed by atoms with Crippen LogP contribution in [-0.2, 0) is 11.2 Å². The van der Waals surface area contributed by atoms with Crippen LogP contribution in [0, 0.1) is 0 Å². The summed E-state index contributed by atoms with van der Waals surface area (Å²) in [6.07, 6.45) is 19.3. The van der Waals surface area contributed by atoms with Gasteiger partial charge in [-0.1, -0.05) is 56.0 Å². The molecule has 0 fully saturated rings. The van der Waals surface area contributed by atoms with E-state index in [1.165, 1.54) is 44.9 Å². The third-order valence-electron chi connectivity index (χ3n) is 4.38. The molecule has 0 heterocycles. The maximum atomic E-state index is 10.6. The second-order valence-electron chi connectivity index (χ2n) is 6.80. The molecule has 26 heavy (non-hydrogen) atoms. The van der Waals surface area contributed by atoms with Crippen molar-refractivity contribution in [1.29, 1.82) is 0 Å². The molecular formula is C23H35NO2. The number of carbonyl (C=O) groups is 1. The molecular weight excluding hydrogens is 322 g/mol. The van der Waals surface area contributed by atoms with Gasteiger partial charge in [-0.05, 0) is 56.2 Å². The van der Waals surface area contributed by atoms with Crippen molar-refractivity contribution < 1.29 is 9.90 Å². The quantitative estimate of drug-likeness (QED) is 0.267. The number of allylic oxidation sites excluding steroid dienone is 3. The fraction of sp³-hybridized carbons (Fsp3) is 0.522. The fourth-order valence-corrected chi connectivity index (χ4v) is 2.86. The van der Waals surface area contributed by atoms with E-state index in [1.807, 2.05) is 30.3 Å². The molecule has 0 bridgehead atoms. The molecule has 2 N–H and O–H groups in total. The van der Waals surface area contributed by atoms with Gasteiger partial charge in [0.2, 0.25) is 0 Å². The molecule has 0 amide bonds. The molecule has 3 heteroatoms. The summed E-state index contributed by atoms with van der Waals surface area (Å²) in [4.78, 5) is 10.6. The van der Waals surface area contributed by atoms with Gasteiger partial charge in [-0.2, -0.15) is 0 Å². The minimum absolute atomic E-state index is 0.0837. The monoisotopic (exact) mass is 357 g/mol. The van der Waals surface area contributed by atoms with E-state index in [1.54, 1.807) is 0 Å². The Morgan fingerprint density at radius 1 is 0.885 bits per heavy atom. The molecule has 0 atom stereocenters. The van der Waals surface area contributed by atoms with Crippen LogP contribution in [0.3, 0.4) is 0 Å². The van der Waals surface area contributed by atoms with Gasteiger partial charge in [0, 0.05) is 12.2 Å². The summed E-state index contributed by atoms with van der Waals surface area (Å²) in [6.45, 7) is 4.69. The standard InChI is InChI=1S/C23H35NO2/c1-2-3-4-5-6-7-8-9-10-11-12-13-14-19-24-22-17-15-21(16-18-22)20-23(25)26/h2,11-12,15-18,24H,1,3-10,13-14,19-20H2,(H,25,26). The van der Waals surface area contributed by atoms with Crippen LogP contribution in [0.25, 0.3) is 0 Å². The molecule has 0 unspecified atom stereocenters. The molecule has 0 aromatic heterocycles. The van der Waals surface area contributed by atoms with Crippen molar-refractivity contribution in [1.82, 2.24) is 0 Å². The second kappa shape index (κ2) is 15.2. The Balaban J connectivity index is 1.94. The van der Waals surface area contributed by atoms with E-state index in [9.17, 15) is 4.79 Å². The lowest BCUT2D eigenvalue weighted by Gasteiger charge is -2.06. The van der Waals surface area contributed by atoms with Crippen LogP contribution in [-0.4, -0.2) is 17.6 Å². The van der Waals surface area contributed by atoms with E-state index >= 15 is 0 Å². The molecule has 0 radical (unpaired) electrons. The molecule has 0 spiro atoms. The summed E-state index contributed by atoms with van der Waals surface area (Å²) >= 11 is 0. The number of hydrogen-bond acceptors (Lipinski definition) is 2. The SMILES string of the molecule is C=CCCCCCCCCC=CCCCNc1ccc(CC(=O)O)cc1. The lowest BCUT2D eigenvalue weighted by Crippen LogP contribution is -2.02. The Bertz CT molecular complexity index is 520.